The van der Waals surface area contributed by atoms with Crippen molar-refractivity contribution in [1.82, 2.24) is 9.80 Å². The van der Waals surface area contributed by atoms with Crippen LogP contribution in [0.1, 0.15) is 19.8 Å². The van der Waals surface area contributed by atoms with Crippen molar-refractivity contribution in [2.45, 2.75) is 23.6 Å². The molecule has 0 unspecified atom stereocenters. The molecule has 0 aliphatic rings. The van der Waals surface area contributed by atoms with Gasteiger partial charge in [-0.3, -0.25) is 5.41 Å². The number of halogens is 3. The molecule has 0 rings (SSSR count). The molecule has 0 atom stereocenters. The monoisotopic (exact) mass is 287 g/mol. The van der Waals surface area contributed by atoms with Crippen LogP contribution in [-0.2, 0) is 0 Å². The van der Waals surface area contributed by atoms with E-state index in [1.54, 1.807) is 0 Å². The van der Waals surface area contributed by atoms with Gasteiger partial charge in [0.1, 0.15) is 5.84 Å². The third kappa shape index (κ3) is 6.79. The summed E-state index contributed by atoms with van der Waals surface area (Å²) in [5.41, 5.74) is 0. The highest BCUT2D eigenvalue weighted by atomic mass is 35.6. The van der Waals surface area contributed by atoms with Gasteiger partial charge in [0.2, 0.25) is 3.79 Å². The Morgan fingerprint density at radius 1 is 1.12 bits per heavy atom. The molecular formula is C10H20Cl3N3. The quantitative estimate of drug-likeness (QED) is 0.463. The fourth-order valence-electron chi connectivity index (χ4n) is 1.36. The lowest BCUT2D eigenvalue weighted by Crippen LogP contribution is -2.40. The first kappa shape index (κ1) is 16.3. The summed E-state index contributed by atoms with van der Waals surface area (Å²) in [4.78, 5) is 3.93. The van der Waals surface area contributed by atoms with E-state index < -0.39 is 3.79 Å². The number of rotatable bonds is 6. The third-order valence-electron chi connectivity index (χ3n) is 2.11. The molecule has 0 aliphatic carbocycles. The van der Waals surface area contributed by atoms with Gasteiger partial charge in [0, 0.05) is 13.1 Å². The summed E-state index contributed by atoms with van der Waals surface area (Å²) in [6.07, 6.45) is 1.89. The molecule has 0 bridgehead atoms. The normalized spacial score (nSPS) is 11.9. The zero-order valence-corrected chi connectivity index (χ0v) is 12.3. The predicted molar refractivity (Wildman–Crippen MR) is 73.1 cm³/mol. The second kappa shape index (κ2) is 7.59. The van der Waals surface area contributed by atoms with Crippen LogP contribution in [0.3, 0.4) is 0 Å². The minimum atomic E-state index is -1.62. The van der Waals surface area contributed by atoms with Crippen molar-refractivity contribution < 1.29 is 0 Å². The van der Waals surface area contributed by atoms with Crippen LogP contribution in [0.15, 0.2) is 0 Å². The molecule has 96 valence electrons. The average molecular weight is 289 g/mol. The summed E-state index contributed by atoms with van der Waals surface area (Å²) in [6, 6.07) is 0. The van der Waals surface area contributed by atoms with E-state index in [1.807, 2.05) is 25.9 Å². The lowest BCUT2D eigenvalue weighted by atomic mass is 10.3. The number of nitrogens with zero attached hydrogens (tertiary/aromatic N) is 2. The Labute approximate surface area is 113 Å². The molecule has 0 aliphatic heterocycles. The highest BCUT2D eigenvalue weighted by Gasteiger charge is 2.30. The molecule has 0 fully saturated rings. The van der Waals surface area contributed by atoms with Crippen molar-refractivity contribution in [1.29, 1.82) is 5.41 Å². The van der Waals surface area contributed by atoms with Gasteiger partial charge in [-0.2, -0.15) is 0 Å². The molecule has 0 aromatic heterocycles. The highest BCUT2D eigenvalue weighted by Crippen LogP contribution is 2.28. The first-order valence-electron chi connectivity index (χ1n) is 5.34. The molecule has 0 saturated heterocycles. The molecule has 1 N–H and O–H groups in total. The number of alkyl halides is 3. The van der Waals surface area contributed by atoms with Gasteiger partial charge in [-0.25, -0.2) is 0 Å². The lowest BCUT2D eigenvalue weighted by Gasteiger charge is -2.28. The van der Waals surface area contributed by atoms with Gasteiger partial charge < -0.3 is 9.80 Å². The second-order valence-electron chi connectivity index (χ2n) is 3.99. The molecular weight excluding hydrogens is 268 g/mol. The van der Waals surface area contributed by atoms with Crippen LogP contribution in [0.25, 0.3) is 0 Å². The van der Waals surface area contributed by atoms with Crippen LogP contribution in [0.5, 0.6) is 0 Å². The number of nitrogens with one attached hydrogen (secondary N) is 1. The molecule has 0 heterocycles. The van der Waals surface area contributed by atoms with E-state index in [0.717, 1.165) is 32.5 Å². The topological polar surface area (TPSA) is 30.3 Å². The Balaban J connectivity index is 4.22. The van der Waals surface area contributed by atoms with Crippen LogP contribution < -0.4 is 0 Å². The van der Waals surface area contributed by atoms with E-state index in [4.69, 9.17) is 40.2 Å². The fourth-order valence-corrected chi connectivity index (χ4v) is 1.72. The third-order valence-corrected chi connectivity index (χ3v) is 2.65. The predicted octanol–water partition coefficient (Wildman–Crippen LogP) is 3.00. The van der Waals surface area contributed by atoms with Gasteiger partial charge >= 0.3 is 0 Å². The summed E-state index contributed by atoms with van der Waals surface area (Å²) in [7, 11) is 4.04. The minimum Gasteiger partial charge on any atom is -0.357 e. The maximum atomic E-state index is 7.80. The molecule has 3 nitrogen and oxygen atoms in total. The first-order chi connectivity index (χ1) is 7.29. The van der Waals surface area contributed by atoms with E-state index >= 15 is 0 Å². The molecule has 0 radical (unpaired) electrons. The second-order valence-corrected chi connectivity index (χ2v) is 6.27. The summed E-state index contributed by atoms with van der Waals surface area (Å²) in [6.45, 7) is 4.51. The van der Waals surface area contributed by atoms with Crippen molar-refractivity contribution in [3.05, 3.63) is 0 Å². The Morgan fingerprint density at radius 3 is 2.06 bits per heavy atom. The SMILES string of the molecule is CCCN(CCCN(C)C)C(=N)C(Cl)(Cl)Cl. The van der Waals surface area contributed by atoms with Crippen LogP contribution in [0, 0.1) is 5.41 Å². The largest absolute Gasteiger partial charge is 0.357 e. The van der Waals surface area contributed by atoms with Crippen LogP contribution in [-0.4, -0.2) is 53.2 Å². The zero-order chi connectivity index (χ0) is 12.8. The molecule has 0 aromatic carbocycles. The Morgan fingerprint density at radius 2 is 1.69 bits per heavy atom. The van der Waals surface area contributed by atoms with Crippen molar-refractivity contribution in [2.75, 3.05) is 33.7 Å². The summed E-state index contributed by atoms with van der Waals surface area (Å²) < 4.78 is -1.62. The summed E-state index contributed by atoms with van der Waals surface area (Å²) in [5.74, 6) is 0.0677. The minimum absolute atomic E-state index is 0.0677. The maximum Gasteiger partial charge on any atom is 0.247 e. The van der Waals surface area contributed by atoms with E-state index in [9.17, 15) is 0 Å². The molecule has 0 aromatic rings. The molecule has 16 heavy (non-hydrogen) atoms. The molecule has 6 heteroatoms. The molecule has 0 spiro atoms. The maximum absolute atomic E-state index is 7.80. The van der Waals surface area contributed by atoms with E-state index in [0.29, 0.717) is 0 Å². The van der Waals surface area contributed by atoms with Crippen LogP contribution in [0.2, 0.25) is 0 Å². The van der Waals surface area contributed by atoms with Crippen LogP contribution in [0.4, 0.5) is 0 Å². The van der Waals surface area contributed by atoms with Gasteiger partial charge in [-0.15, -0.1) is 0 Å². The van der Waals surface area contributed by atoms with Crippen molar-refractivity contribution in [3.63, 3.8) is 0 Å². The van der Waals surface area contributed by atoms with E-state index in [2.05, 4.69) is 4.90 Å². The van der Waals surface area contributed by atoms with Crippen molar-refractivity contribution in [3.8, 4) is 0 Å². The standard InChI is InChI=1S/C10H20Cl3N3/c1-4-6-16(8-5-7-15(2)3)9(14)10(11,12)13/h14H,4-8H2,1-3H3. The van der Waals surface area contributed by atoms with Gasteiger partial charge in [-0.1, -0.05) is 41.7 Å². The summed E-state index contributed by atoms with van der Waals surface area (Å²) >= 11 is 17.1. The Bertz CT molecular complexity index is 214. The number of hydrogen-bond acceptors (Lipinski definition) is 2. The van der Waals surface area contributed by atoms with E-state index in [-0.39, 0.29) is 5.84 Å². The van der Waals surface area contributed by atoms with Gasteiger partial charge in [0.05, 0.1) is 0 Å². The van der Waals surface area contributed by atoms with E-state index in [1.165, 1.54) is 0 Å². The highest BCUT2D eigenvalue weighted by molar-refractivity contribution is 6.76. The Hall–Kier alpha value is 0.300. The lowest BCUT2D eigenvalue weighted by molar-refractivity contribution is 0.344. The van der Waals surface area contributed by atoms with Crippen molar-refractivity contribution >= 4 is 40.6 Å². The average Bonchev–Trinajstić information content (AvgIpc) is 2.13. The summed E-state index contributed by atoms with van der Waals surface area (Å²) in [5, 5.41) is 7.80. The Kier molecular flexibility index (Phi) is 7.73. The smallest absolute Gasteiger partial charge is 0.247 e. The zero-order valence-electron chi connectivity index (χ0n) is 10.1. The molecule has 0 saturated carbocycles. The number of hydrogen-bond donors (Lipinski definition) is 1. The number of amidine groups is 1. The fraction of sp³-hybridized carbons (Fsp3) is 0.900. The molecule has 0 amide bonds. The van der Waals surface area contributed by atoms with Crippen LogP contribution >= 0.6 is 34.8 Å². The first-order valence-corrected chi connectivity index (χ1v) is 6.47. The van der Waals surface area contributed by atoms with Crippen molar-refractivity contribution in [2.24, 2.45) is 0 Å². The van der Waals surface area contributed by atoms with Gasteiger partial charge in [-0.05, 0) is 33.5 Å². The van der Waals surface area contributed by atoms with Gasteiger partial charge in [0.15, 0.2) is 0 Å². The van der Waals surface area contributed by atoms with Gasteiger partial charge in [0.25, 0.3) is 0 Å².